The highest BCUT2D eigenvalue weighted by Gasteiger charge is 2.38. The van der Waals surface area contributed by atoms with E-state index >= 15 is 0 Å². The summed E-state index contributed by atoms with van der Waals surface area (Å²) >= 11 is 9.67. The van der Waals surface area contributed by atoms with Gasteiger partial charge in [-0.15, -0.1) is 0 Å². The van der Waals surface area contributed by atoms with Gasteiger partial charge in [-0.1, -0.05) is 34.5 Å². The summed E-state index contributed by atoms with van der Waals surface area (Å²) in [5.41, 5.74) is 7.03. The van der Waals surface area contributed by atoms with Crippen LogP contribution in [0.1, 0.15) is 31.4 Å². The number of carbonyl (C=O) groups excluding carboxylic acids is 1. The lowest BCUT2D eigenvalue weighted by Crippen LogP contribution is -2.33. The quantitative estimate of drug-likeness (QED) is 0.925. The van der Waals surface area contributed by atoms with Gasteiger partial charge in [0, 0.05) is 28.5 Å². The van der Waals surface area contributed by atoms with Crippen LogP contribution < -0.4 is 5.73 Å². The first kappa shape index (κ1) is 13.8. The molecule has 2 N–H and O–H groups in total. The van der Waals surface area contributed by atoms with E-state index in [1.165, 1.54) is 0 Å². The highest BCUT2D eigenvalue weighted by Crippen LogP contribution is 2.37. The van der Waals surface area contributed by atoms with E-state index in [0.717, 1.165) is 23.0 Å². The summed E-state index contributed by atoms with van der Waals surface area (Å²) in [5.74, 6) is 0.116. The van der Waals surface area contributed by atoms with Crippen LogP contribution in [-0.2, 0) is 4.79 Å². The summed E-state index contributed by atoms with van der Waals surface area (Å²) in [6, 6.07) is 5.38. The van der Waals surface area contributed by atoms with Crippen LogP contribution in [0.15, 0.2) is 22.7 Å². The van der Waals surface area contributed by atoms with Gasteiger partial charge < -0.3 is 10.6 Å². The van der Waals surface area contributed by atoms with Gasteiger partial charge in [-0.3, -0.25) is 4.79 Å². The third-order valence-electron chi connectivity index (χ3n) is 3.21. The van der Waals surface area contributed by atoms with Crippen molar-refractivity contribution in [3.05, 3.63) is 33.3 Å². The molecule has 1 aromatic rings. The Kier molecular flexibility index (Phi) is 4.30. The van der Waals surface area contributed by atoms with Gasteiger partial charge in [-0.05, 0) is 30.2 Å². The van der Waals surface area contributed by atoms with E-state index in [1.54, 1.807) is 0 Å². The average molecular weight is 332 g/mol. The Morgan fingerprint density at radius 2 is 2.28 bits per heavy atom. The number of likely N-dealkylation sites (tertiary alicyclic amines) is 1. The standard InChI is InChI=1S/C13H16BrClN2O/c1-2-5-17-12(18)7-11(16)13(17)9-6-8(14)3-4-10(9)15/h3-4,6,11,13H,2,5,7,16H2,1H3. The van der Waals surface area contributed by atoms with E-state index in [0.29, 0.717) is 11.4 Å². The normalized spacial score (nSPS) is 23.8. The van der Waals surface area contributed by atoms with Crippen LogP contribution in [0.5, 0.6) is 0 Å². The molecule has 2 atom stereocenters. The number of amides is 1. The smallest absolute Gasteiger partial charge is 0.224 e. The summed E-state index contributed by atoms with van der Waals surface area (Å²) < 4.78 is 0.949. The van der Waals surface area contributed by atoms with Crippen molar-refractivity contribution in [1.29, 1.82) is 0 Å². The molecule has 0 aromatic heterocycles. The largest absolute Gasteiger partial charge is 0.334 e. The number of hydrogen-bond donors (Lipinski definition) is 1. The maximum atomic E-state index is 11.9. The van der Waals surface area contributed by atoms with E-state index < -0.39 is 0 Å². The Balaban J connectivity index is 2.40. The van der Waals surface area contributed by atoms with Crippen molar-refractivity contribution in [3.63, 3.8) is 0 Å². The Morgan fingerprint density at radius 3 is 2.94 bits per heavy atom. The molecule has 5 heteroatoms. The van der Waals surface area contributed by atoms with Crippen molar-refractivity contribution in [3.8, 4) is 0 Å². The Morgan fingerprint density at radius 1 is 1.56 bits per heavy atom. The van der Waals surface area contributed by atoms with Crippen LogP contribution in [0.3, 0.4) is 0 Å². The Bertz CT molecular complexity index is 466. The van der Waals surface area contributed by atoms with Crippen LogP contribution in [0, 0.1) is 0 Å². The fourth-order valence-corrected chi connectivity index (χ4v) is 3.07. The van der Waals surface area contributed by atoms with Gasteiger partial charge in [0.25, 0.3) is 0 Å². The van der Waals surface area contributed by atoms with Gasteiger partial charge in [-0.25, -0.2) is 0 Å². The van der Waals surface area contributed by atoms with Gasteiger partial charge >= 0.3 is 0 Å². The predicted octanol–water partition coefficient (Wildman–Crippen LogP) is 3.11. The van der Waals surface area contributed by atoms with Crippen molar-refractivity contribution in [2.24, 2.45) is 5.73 Å². The second-order valence-electron chi connectivity index (χ2n) is 4.57. The number of nitrogens with two attached hydrogens (primary N) is 1. The number of benzene rings is 1. The molecule has 3 nitrogen and oxygen atoms in total. The number of carbonyl (C=O) groups is 1. The topological polar surface area (TPSA) is 46.3 Å². The zero-order chi connectivity index (χ0) is 13.3. The number of rotatable bonds is 3. The van der Waals surface area contributed by atoms with E-state index in [-0.39, 0.29) is 18.0 Å². The van der Waals surface area contributed by atoms with E-state index in [2.05, 4.69) is 22.9 Å². The zero-order valence-electron chi connectivity index (χ0n) is 10.2. The lowest BCUT2D eigenvalue weighted by atomic mass is 10.0. The van der Waals surface area contributed by atoms with Crippen molar-refractivity contribution >= 4 is 33.4 Å². The first-order chi connectivity index (χ1) is 8.54. The summed E-state index contributed by atoms with van der Waals surface area (Å²) in [6.07, 6.45) is 1.31. The first-order valence-electron chi connectivity index (χ1n) is 6.04. The molecule has 0 spiro atoms. The van der Waals surface area contributed by atoms with Gasteiger partial charge in [0.05, 0.1) is 6.04 Å². The highest BCUT2D eigenvalue weighted by atomic mass is 79.9. The molecule has 2 rings (SSSR count). The van der Waals surface area contributed by atoms with Crippen LogP contribution in [0.4, 0.5) is 0 Å². The lowest BCUT2D eigenvalue weighted by Gasteiger charge is -2.27. The fourth-order valence-electron chi connectivity index (χ4n) is 2.46. The molecule has 0 aliphatic carbocycles. The third-order valence-corrected chi connectivity index (χ3v) is 4.05. The lowest BCUT2D eigenvalue weighted by molar-refractivity contribution is -0.129. The third kappa shape index (κ3) is 2.56. The molecular formula is C13H16BrClN2O. The summed E-state index contributed by atoms with van der Waals surface area (Å²) in [5, 5.41) is 0.662. The van der Waals surface area contributed by atoms with E-state index in [1.807, 2.05) is 23.1 Å². The van der Waals surface area contributed by atoms with Crippen LogP contribution in [0.2, 0.25) is 5.02 Å². The highest BCUT2D eigenvalue weighted by molar-refractivity contribution is 9.10. The molecule has 1 saturated heterocycles. The SMILES string of the molecule is CCCN1C(=O)CC(N)C1c1cc(Br)ccc1Cl. The van der Waals surface area contributed by atoms with E-state index in [9.17, 15) is 4.79 Å². The van der Waals surface area contributed by atoms with E-state index in [4.69, 9.17) is 17.3 Å². The fraction of sp³-hybridized carbons (Fsp3) is 0.462. The van der Waals surface area contributed by atoms with Crippen LogP contribution in [-0.4, -0.2) is 23.4 Å². The van der Waals surface area contributed by atoms with Crippen LogP contribution in [0.25, 0.3) is 0 Å². The van der Waals surface area contributed by atoms with Gasteiger partial charge in [0.15, 0.2) is 0 Å². The zero-order valence-corrected chi connectivity index (χ0v) is 12.5. The molecule has 1 amide bonds. The van der Waals surface area contributed by atoms with Crippen molar-refractivity contribution in [1.82, 2.24) is 4.90 Å². The molecule has 1 heterocycles. The first-order valence-corrected chi connectivity index (χ1v) is 7.21. The second kappa shape index (κ2) is 5.59. The second-order valence-corrected chi connectivity index (χ2v) is 5.89. The van der Waals surface area contributed by atoms with Gasteiger partial charge in [0.1, 0.15) is 0 Å². The maximum Gasteiger partial charge on any atom is 0.224 e. The molecule has 0 radical (unpaired) electrons. The summed E-state index contributed by atoms with van der Waals surface area (Å²) in [7, 11) is 0. The maximum absolute atomic E-state index is 11.9. The Hall–Kier alpha value is -0.580. The van der Waals surface area contributed by atoms with Gasteiger partial charge in [0.2, 0.25) is 5.91 Å². The molecule has 0 saturated carbocycles. The molecule has 98 valence electrons. The summed E-state index contributed by atoms with van der Waals surface area (Å²) in [6.45, 7) is 2.77. The number of nitrogens with zero attached hydrogens (tertiary/aromatic N) is 1. The van der Waals surface area contributed by atoms with Crippen molar-refractivity contribution in [2.45, 2.75) is 31.8 Å². The van der Waals surface area contributed by atoms with Crippen molar-refractivity contribution in [2.75, 3.05) is 6.54 Å². The predicted molar refractivity (Wildman–Crippen MR) is 76.5 cm³/mol. The minimum absolute atomic E-state index is 0.109. The Labute approximate surface area is 120 Å². The molecule has 1 aromatic carbocycles. The van der Waals surface area contributed by atoms with Crippen molar-refractivity contribution < 1.29 is 4.79 Å². The molecule has 2 unspecified atom stereocenters. The number of hydrogen-bond acceptors (Lipinski definition) is 2. The molecule has 18 heavy (non-hydrogen) atoms. The monoisotopic (exact) mass is 330 g/mol. The van der Waals surface area contributed by atoms with Crippen LogP contribution >= 0.6 is 27.5 Å². The average Bonchev–Trinajstić information content (AvgIpc) is 2.58. The summed E-state index contributed by atoms with van der Waals surface area (Å²) in [4.78, 5) is 13.8. The molecule has 1 aliphatic heterocycles. The molecule has 0 bridgehead atoms. The number of halogens is 2. The van der Waals surface area contributed by atoms with Gasteiger partial charge in [-0.2, -0.15) is 0 Å². The molecular weight excluding hydrogens is 316 g/mol. The minimum Gasteiger partial charge on any atom is -0.334 e. The molecule has 1 fully saturated rings. The minimum atomic E-state index is -0.184. The molecule has 1 aliphatic rings.